The largest absolute Gasteiger partial charge is 0.391 e. The Morgan fingerprint density at radius 1 is 0.964 bits per heavy atom. The van der Waals surface area contributed by atoms with Crippen molar-refractivity contribution < 1.29 is 9.50 Å². The minimum Gasteiger partial charge on any atom is -0.391 e. The molecule has 1 aliphatic heterocycles. The molecule has 2 aliphatic rings. The lowest BCUT2D eigenvalue weighted by Gasteiger charge is -2.19. The first-order chi connectivity index (χ1) is 13.7. The minimum atomic E-state index is -0.374. The fourth-order valence-electron chi connectivity index (χ4n) is 3.95. The smallest absolute Gasteiger partial charge is 0.197 e. The maximum absolute atomic E-state index is 14.3. The first-order valence-corrected chi connectivity index (χ1v) is 9.51. The van der Waals surface area contributed by atoms with E-state index in [0.29, 0.717) is 48.7 Å². The van der Waals surface area contributed by atoms with E-state index in [4.69, 9.17) is 0 Å². The molecule has 1 saturated carbocycles. The number of nitrogens with zero attached hydrogens (tertiary/aromatic N) is 5. The second-order valence-electron chi connectivity index (χ2n) is 7.46. The van der Waals surface area contributed by atoms with Crippen molar-refractivity contribution >= 4 is 5.69 Å². The van der Waals surface area contributed by atoms with Gasteiger partial charge in [0.2, 0.25) is 0 Å². The third-order valence-corrected chi connectivity index (χ3v) is 5.56. The molecule has 2 fully saturated rings. The number of anilines is 1. The van der Waals surface area contributed by atoms with Crippen LogP contribution in [-0.4, -0.2) is 44.2 Å². The Morgan fingerprint density at radius 2 is 1.68 bits per heavy atom. The van der Waals surface area contributed by atoms with Crippen molar-refractivity contribution in [3.8, 4) is 11.6 Å². The summed E-state index contributed by atoms with van der Waals surface area (Å²) in [5.74, 6) is 1.48. The lowest BCUT2D eigenvalue weighted by molar-refractivity contribution is 0.198. The first-order valence-electron chi connectivity index (χ1n) is 9.51. The monoisotopic (exact) mass is 377 g/mol. The van der Waals surface area contributed by atoms with Crippen LogP contribution in [0.3, 0.4) is 0 Å². The minimum absolute atomic E-state index is 0.231. The second kappa shape index (κ2) is 6.91. The number of halogens is 1. The number of aliphatic hydroxyl groups is 1. The van der Waals surface area contributed by atoms with Crippen molar-refractivity contribution in [3.63, 3.8) is 0 Å². The predicted molar refractivity (Wildman–Crippen MR) is 102 cm³/mol. The normalized spacial score (nSPS) is 23.8. The Kier molecular flexibility index (Phi) is 4.24. The summed E-state index contributed by atoms with van der Waals surface area (Å²) in [6.45, 7) is 1.18. The van der Waals surface area contributed by atoms with Crippen LogP contribution in [0.2, 0.25) is 0 Å². The topological polar surface area (TPSA) is 75.0 Å². The van der Waals surface area contributed by atoms with Crippen molar-refractivity contribution in [1.82, 2.24) is 19.9 Å². The Hall–Kier alpha value is -2.93. The quantitative estimate of drug-likeness (QED) is 0.754. The van der Waals surface area contributed by atoms with Crippen LogP contribution in [-0.2, 0) is 0 Å². The van der Waals surface area contributed by atoms with E-state index < -0.39 is 0 Å². The van der Waals surface area contributed by atoms with Crippen molar-refractivity contribution in [2.75, 3.05) is 18.0 Å². The SMILES string of the molecule is O[C@@H]1CCN(c2cc([C@@H]3C[C@@H]3c3cnc(-c4ncccn4)nc3)ccc2F)C1. The summed E-state index contributed by atoms with van der Waals surface area (Å²) in [5, 5.41) is 9.75. The van der Waals surface area contributed by atoms with E-state index in [-0.39, 0.29) is 11.9 Å². The molecular formula is C21H20FN5O. The molecule has 1 N–H and O–H groups in total. The Labute approximate surface area is 162 Å². The van der Waals surface area contributed by atoms with Gasteiger partial charge in [0.25, 0.3) is 0 Å². The highest BCUT2D eigenvalue weighted by Crippen LogP contribution is 2.55. The van der Waals surface area contributed by atoms with Crippen LogP contribution in [0, 0.1) is 5.82 Å². The number of aliphatic hydroxyl groups excluding tert-OH is 1. The Balaban J connectivity index is 1.33. The fourth-order valence-corrected chi connectivity index (χ4v) is 3.95. The summed E-state index contributed by atoms with van der Waals surface area (Å²) in [6.07, 6.45) is 8.32. The van der Waals surface area contributed by atoms with Gasteiger partial charge in [-0.15, -0.1) is 0 Å². The highest BCUT2D eigenvalue weighted by Gasteiger charge is 2.40. The van der Waals surface area contributed by atoms with E-state index >= 15 is 0 Å². The molecule has 5 rings (SSSR count). The van der Waals surface area contributed by atoms with Gasteiger partial charge in [0.1, 0.15) is 5.82 Å². The molecule has 142 valence electrons. The molecule has 1 aliphatic carbocycles. The van der Waals surface area contributed by atoms with Crippen LogP contribution in [0.5, 0.6) is 0 Å². The van der Waals surface area contributed by atoms with Gasteiger partial charge in [0.15, 0.2) is 11.6 Å². The molecule has 0 unspecified atom stereocenters. The Morgan fingerprint density at radius 3 is 2.39 bits per heavy atom. The zero-order chi connectivity index (χ0) is 19.1. The zero-order valence-electron chi connectivity index (χ0n) is 15.2. The number of hydrogen-bond donors (Lipinski definition) is 1. The van der Waals surface area contributed by atoms with Crippen molar-refractivity contribution in [1.29, 1.82) is 0 Å². The van der Waals surface area contributed by atoms with E-state index in [9.17, 15) is 9.50 Å². The summed E-state index contributed by atoms with van der Waals surface area (Å²) >= 11 is 0. The van der Waals surface area contributed by atoms with Gasteiger partial charge in [0.05, 0.1) is 11.8 Å². The van der Waals surface area contributed by atoms with E-state index in [1.54, 1.807) is 18.5 Å². The second-order valence-corrected chi connectivity index (χ2v) is 7.46. The third kappa shape index (κ3) is 3.22. The van der Waals surface area contributed by atoms with E-state index in [1.807, 2.05) is 29.4 Å². The molecule has 6 nitrogen and oxygen atoms in total. The van der Waals surface area contributed by atoms with E-state index in [1.165, 1.54) is 6.07 Å². The van der Waals surface area contributed by atoms with Gasteiger partial charge in [-0.2, -0.15) is 0 Å². The lowest BCUT2D eigenvalue weighted by atomic mass is 10.1. The van der Waals surface area contributed by atoms with Crippen LogP contribution in [0.1, 0.15) is 35.8 Å². The summed E-state index contributed by atoms with van der Waals surface area (Å²) in [7, 11) is 0. The van der Waals surface area contributed by atoms with Crippen molar-refractivity contribution in [2.24, 2.45) is 0 Å². The zero-order valence-corrected chi connectivity index (χ0v) is 15.2. The highest BCUT2D eigenvalue weighted by molar-refractivity contribution is 5.53. The predicted octanol–water partition coefficient (Wildman–Crippen LogP) is 2.91. The molecule has 0 radical (unpaired) electrons. The average Bonchev–Trinajstić information content (AvgIpc) is 3.42. The number of benzene rings is 1. The third-order valence-electron chi connectivity index (χ3n) is 5.56. The molecule has 0 bridgehead atoms. The first kappa shape index (κ1) is 17.2. The van der Waals surface area contributed by atoms with Gasteiger partial charge >= 0.3 is 0 Å². The molecule has 3 atom stereocenters. The summed E-state index contributed by atoms with van der Waals surface area (Å²) in [4.78, 5) is 19.1. The van der Waals surface area contributed by atoms with E-state index in [2.05, 4.69) is 19.9 Å². The van der Waals surface area contributed by atoms with Gasteiger partial charge in [-0.3, -0.25) is 0 Å². The van der Waals surface area contributed by atoms with Gasteiger partial charge in [-0.05, 0) is 54.0 Å². The highest BCUT2D eigenvalue weighted by atomic mass is 19.1. The van der Waals surface area contributed by atoms with Crippen LogP contribution in [0.4, 0.5) is 10.1 Å². The number of β-amino-alcohol motifs (C(OH)–C–C–N with tert-alkyl or cyclic N) is 1. The van der Waals surface area contributed by atoms with Crippen molar-refractivity contribution in [3.05, 3.63) is 66.0 Å². The van der Waals surface area contributed by atoms with E-state index in [0.717, 1.165) is 17.5 Å². The summed E-state index contributed by atoms with van der Waals surface area (Å²) < 4.78 is 14.3. The fraction of sp³-hybridized carbons (Fsp3) is 0.333. The number of rotatable bonds is 4. The molecule has 1 saturated heterocycles. The standard InChI is InChI=1S/C21H20FN5O/c22-18-3-2-13(8-19(18)27-7-4-15(28)12-27)16-9-17(16)14-10-25-21(26-11-14)20-23-5-1-6-24-20/h1-3,5-6,8,10-11,15-17,28H,4,7,9,12H2/t15-,16+,17-/m1/s1. The molecule has 1 aromatic carbocycles. The molecular weight excluding hydrogens is 357 g/mol. The van der Waals surface area contributed by atoms with Gasteiger partial charge < -0.3 is 10.0 Å². The summed E-state index contributed by atoms with van der Waals surface area (Å²) in [6, 6.07) is 7.09. The van der Waals surface area contributed by atoms with Gasteiger partial charge in [0, 0.05) is 37.9 Å². The molecule has 3 heterocycles. The molecule has 28 heavy (non-hydrogen) atoms. The molecule has 2 aromatic heterocycles. The maximum Gasteiger partial charge on any atom is 0.197 e. The van der Waals surface area contributed by atoms with Gasteiger partial charge in [-0.1, -0.05) is 6.07 Å². The number of hydrogen-bond acceptors (Lipinski definition) is 6. The van der Waals surface area contributed by atoms with Crippen LogP contribution in [0.15, 0.2) is 49.1 Å². The van der Waals surface area contributed by atoms with Gasteiger partial charge in [-0.25, -0.2) is 24.3 Å². The number of aromatic nitrogens is 4. The van der Waals surface area contributed by atoms with Crippen LogP contribution in [0.25, 0.3) is 11.6 Å². The molecule has 3 aromatic rings. The maximum atomic E-state index is 14.3. The molecule has 0 amide bonds. The molecule has 0 spiro atoms. The van der Waals surface area contributed by atoms with Crippen molar-refractivity contribution in [2.45, 2.75) is 30.8 Å². The van der Waals surface area contributed by atoms with Crippen LogP contribution < -0.4 is 4.90 Å². The lowest BCUT2D eigenvalue weighted by Crippen LogP contribution is -2.22. The van der Waals surface area contributed by atoms with Crippen LogP contribution >= 0.6 is 0 Å². The Bertz CT molecular complexity index is 982. The average molecular weight is 377 g/mol. The molecule has 7 heteroatoms. The summed E-state index contributed by atoms with van der Waals surface area (Å²) in [5.41, 5.74) is 2.79.